The third-order valence-electron chi connectivity index (χ3n) is 13.8. The van der Waals surface area contributed by atoms with Crippen molar-refractivity contribution in [1.82, 2.24) is 0 Å². The molecule has 0 nitrogen and oxygen atoms in total. The van der Waals surface area contributed by atoms with Crippen molar-refractivity contribution in [3.05, 3.63) is 34.4 Å². The average molecular weight is 1240 g/mol. The van der Waals surface area contributed by atoms with Crippen molar-refractivity contribution in [2.75, 3.05) is 23.0 Å². The number of unbranched alkanes of at least 4 members (excludes halogenated alkanes) is 36. The minimum atomic E-state index is 0.911. The lowest BCUT2D eigenvalue weighted by atomic mass is 10.0. The molecule has 1 aromatic rings. The molecule has 0 unspecified atom stereocenters. The van der Waals surface area contributed by atoms with Gasteiger partial charge in [-0.15, -0.1) is 94.1 Å². The largest absolute Gasteiger partial charge is 0.108 e. The minimum absolute atomic E-state index is 0.911. The van der Waals surface area contributed by atoms with Crippen LogP contribution < -0.4 is 0 Å². The van der Waals surface area contributed by atoms with Gasteiger partial charge in [0, 0.05) is 23.0 Å². The van der Waals surface area contributed by atoms with Gasteiger partial charge in [0.1, 0.15) is 14.1 Å². The van der Waals surface area contributed by atoms with Crippen LogP contribution in [0.4, 0.5) is 0 Å². The van der Waals surface area contributed by atoms with Crippen LogP contribution in [-0.2, 0) is 23.0 Å². The lowest BCUT2D eigenvalue weighted by Gasteiger charge is -2.17. The second-order valence-corrected chi connectivity index (χ2v) is 33.8. The van der Waals surface area contributed by atoms with E-state index in [-0.39, 0.29) is 0 Å². The highest BCUT2D eigenvalue weighted by molar-refractivity contribution is 8.48. The zero-order chi connectivity index (χ0) is 53.6. The molecule has 0 aliphatic carbocycles. The Morgan fingerprint density at radius 2 is 0.378 bits per heavy atom. The predicted molar refractivity (Wildman–Crippen MR) is 379 cm³/mol. The normalized spacial score (nSPS) is 11.5. The molecule has 1 aromatic carbocycles. The van der Waals surface area contributed by atoms with E-state index in [4.69, 9.17) is 48.9 Å². The molecule has 0 spiro atoms. The number of benzene rings is 1. The summed E-state index contributed by atoms with van der Waals surface area (Å²) in [5.74, 6) is 8.20. The fourth-order valence-corrected chi connectivity index (χ4v) is 18.0. The zero-order valence-corrected chi connectivity index (χ0v) is 57.8. The van der Waals surface area contributed by atoms with Crippen LogP contribution in [0.2, 0.25) is 0 Å². The first-order valence-corrected chi connectivity index (χ1v) is 40.2. The summed E-state index contributed by atoms with van der Waals surface area (Å²) < 4.78 is 4.36. The van der Waals surface area contributed by atoms with Gasteiger partial charge in [0.25, 0.3) is 0 Å². The summed E-state index contributed by atoms with van der Waals surface area (Å²) in [6, 6.07) is 5.05. The van der Waals surface area contributed by atoms with E-state index in [9.17, 15) is 0 Å². The van der Waals surface area contributed by atoms with Crippen LogP contribution in [0.3, 0.4) is 0 Å². The van der Waals surface area contributed by atoms with Crippen molar-refractivity contribution >= 4 is 157 Å². The van der Waals surface area contributed by atoms with Gasteiger partial charge in [-0.05, 0) is 70.9 Å². The van der Waals surface area contributed by atoms with E-state index in [1.807, 2.05) is 94.1 Å². The molecule has 0 N–H and O–H groups in total. The Morgan fingerprint density at radius 3 is 0.541 bits per heavy atom. The predicted octanol–water partition coefficient (Wildman–Crippen LogP) is 26.4. The first-order valence-electron chi connectivity index (χ1n) is 30.7. The molecule has 0 amide bonds. The molecule has 0 aliphatic heterocycles. The second-order valence-electron chi connectivity index (χ2n) is 20.7. The van der Waals surface area contributed by atoms with E-state index in [1.165, 1.54) is 279 Å². The number of hydrogen-bond donors (Lipinski definition) is 0. The lowest BCUT2D eigenvalue weighted by molar-refractivity contribution is 0.563. The Bertz CT molecular complexity index is 1260. The summed E-state index contributed by atoms with van der Waals surface area (Å²) >= 11 is 39.3. The molecule has 0 atom stereocenters. The van der Waals surface area contributed by atoms with Crippen molar-refractivity contribution < 1.29 is 0 Å². The van der Waals surface area contributed by atoms with Gasteiger partial charge in [-0.25, -0.2) is 0 Å². The maximum atomic E-state index is 6.04. The summed E-state index contributed by atoms with van der Waals surface area (Å²) in [6.07, 6.45) is 54.9. The fraction of sp³-hybridized carbons (Fsp3) is 0.839. The number of hydrogen-bond acceptors (Lipinski definition) is 12. The number of rotatable bonds is 52. The summed E-state index contributed by atoms with van der Waals surface area (Å²) in [7, 11) is 0. The van der Waals surface area contributed by atoms with Crippen LogP contribution in [0.1, 0.15) is 307 Å². The molecule has 0 radical (unpaired) electrons. The molecule has 1 rings (SSSR count). The van der Waals surface area contributed by atoms with Crippen LogP contribution >= 0.6 is 143 Å². The van der Waals surface area contributed by atoms with Crippen LogP contribution in [0.5, 0.6) is 0 Å². The molecule has 0 bridgehead atoms. The van der Waals surface area contributed by atoms with E-state index in [1.54, 1.807) is 0 Å². The fourth-order valence-electron chi connectivity index (χ4n) is 9.02. The van der Waals surface area contributed by atoms with Gasteiger partial charge in [-0.1, -0.05) is 320 Å². The number of thiocarbonyl (C=S) groups is 4. The summed E-state index contributed by atoms with van der Waals surface area (Å²) in [5.41, 5.74) is 5.66. The summed E-state index contributed by atoms with van der Waals surface area (Å²) in [6.45, 7) is 9.21. The van der Waals surface area contributed by atoms with Crippen LogP contribution in [0, 0.1) is 0 Å². The Kier molecular flexibility index (Phi) is 58.9. The molecule has 0 saturated heterocycles. The minimum Gasteiger partial charge on any atom is -0.108 e. The summed E-state index contributed by atoms with van der Waals surface area (Å²) in [5, 5.41) is 0. The van der Waals surface area contributed by atoms with Gasteiger partial charge >= 0.3 is 0 Å². The van der Waals surface area contributed by atoms with E-state index >= 15 is 0 Å². The maximum absolute atomic E-state index is 6.04. The van der Waals surface area contributed by atoms with Gasteiger partial charge < -0.3 is 0 Å². The van der Waals surface area contributed by atoms with Gasteiger partial charge in [-0.3, -0.25) is 0 Å². The van der Waals surface area contributed by atoms with E-state index in [2.05, 4.69) is 39.8 Å². The molecule has 0 fully saturated rings. The third kappa shape index (κ3) is 49.0. The molecule has 430 valence electrons. The Balaban J connectivity index is 2.97. The Labute approximate surface area is 516 Å². The Hall–Kier alpha value is 2.38. The van der Waals surface area contributed by atoms with Crippen molar-refractivity contribution in [1.29, 1.82) is 0 Å². The summed E-state index contributed by atoms with van der Waals surface area (Å²) in [4.78, 5) is 0. The van der Waals surface area contributed by atoms with E-state index in [0.717, 1.165) is 60.1 Å². The molecule has 74 heavy (non-hydrogen) atoms. The van der Waals surface area contributed by atoms with Crippen molar-refractivity contribution in [2.45, 2.75) is 308 Å². The monoisotopic (exact) mass is 1240 g/mol. The molecule has 12 heteroatoms. The molecule has 0 heterocycles. The lowest BCUT2D eigenvalue weighted by Crippen LogP contribution is -2.02. The first-order chi connectivity index (χ1) is 36.3. The molecule has 0 saturated carbocycles. The highest BCUT2D eigenvalue weighted by Gasteiger charge is 2.16. The van der Waals surface area contributed by atoms with Crippen LogP contribution in [0.25, 0.3) is 0 Å². The quantitative estimate of drug-likeness (QED) is 0.0451. The standard InChI is InChI=1S/C62H110S12/c1-5-9-13-17-21-25-29-33-37-41-45-67-59(63)71-51-55-49-57(53-73-61(65)69-47-43-39-35-31-27-23-19-15-11-7-3)58(54-74-62(66)70-48-44-40-36-32-28-24-20-16-12-8-4)50-56(55)52-72-60(64)68-46-42-38-34-30-26-22-18-14-10-6-2/h49-50H,5-48,51-54H2,1-4H3. The SMILES string of the molecule is CCCCCCCCCCCCSC(=S)SCc1cc(CSC(=S)SCCCCCCCCCCCC)c(CSC(=S)SCCCCCCCCCCCC)cc1CSC(=S)SCCCCCCCCCCCC. The van der Waals surface area contributed by atoms with Gasteiger partial charge in [0.2, 0.25) is 0 Å². The van der Waals surface area contributed by atoms with Gasteiger partial charge in [-0.2, -0.15) is 0 Å². The highest BCUT2D eigenvalue weighted by atomic mass is 32.2. The smallest absolute Gasteiger partial charge is 0.104 e. The second kappa shape index (κ2) is 58.6. The first kappa shape index (κ1) is 74.4. The van der Waals surface area contributed by atoms with Crippen LogP contribution in [-0.4, -0.2) is 37.1 Å². The van der Waals surface area contributed by atoms with Crippen molar-refractivity contribution in [3.8, 4) is 0 Å². The number of thioether (sulfide) groups is 8. The van der Waals surface area contributed by atoms with Gasteiger partial charge in [0.05, 0.1) is 0 Å². The molecule has 0 aliphatic rings. The topological polar surface area (TPSA) is 0 Å². The van der Waals surface area contributed by atoms with Crippen molar-refractivity contribution in [2.24, 2.45) is 0 Å². The van der Waals surface area contributed by atoms with Crippen LogP contribution in [0.15, 0.2) is 12.1 Å². The van der Waals surface area contributed by atoms with Crippen molar-refractivity contribution in [3.63, 3.8) is 0 Å². The third-order valence-corrected chi connectivity index (χ3v) is 25.1. The Morgan fingerprint density at radius 1 is 0.230 bits per heavy atom. The van der Waals surface area contributed by atoms with E-state index < -0.39 is 0 Å². The maximum Gasteiger partial charge on any atom is 0.104 e. The molecule has 0 aromatic heterocycles. The van der Waals surface area contributed by atoms with Gasteiger partial charge in [0.15, 0.2) is 0 Å². The molecular formula is C62H110S12. The van der Waals surface area contributed by atoms with E-state index in [0.29, 0.717) is 0 Å². The molecular weight excluding hydrogens is 1130 g/mol. The average Bonchev–Trinajstić information content (AvgIpc) is 3.40. The zero-order valence-electron chi connectivity index (χ0n) is 48.0. The highest BCUT2D eigenvalue weighted by Crippen LogP contribution is 2.35.